The fourth-order valence-electron chi connectivity index (χ4n) is 3.73. The van der Waals surface area contributed by atoms with Crippen LogP contribution in [-0.2, 0) is 4.79 Å². The first-order valence-electron chi connectivity index (χ1n) is 7.33. The Hall–Kier alpha value is -0.610. The van der Waals surface area contributed by atoms with E-state index in [9.17, 15) is 9.90 Å². The molecule has 18 heavy (non-hydrogen) atoms. The number of hydrogen-bond acceptors (Lipinski definition) is 3. The lowest BCUT2D eigenvalue weighted by atomic mass is 9.95. The van der Waals surface area contributed by atoms with E-state index in [1.165, 1.54) is 19.3 Å². The Morgan fingerprint density at radius 2 is 2.22 bits per heavy atom. The average Bonchev–Trinajstić information content (AvgIpc) is 2.76. The molecule has 0 bridgehead atoms. The number of carboxylic acids is 1. The van der Waals surface area contributed by atoms with Crippen molar-refractivity contribution in [2.24, 2.45) is 0 Å². The third kappa shape index (κ3) is 2.54. The molecule has 0 radical (unpaired) electrons. The van der Waals surface area contributed by atoms with E-state index in [-0.39, 0.29) is 0 Å². The van der Waals surface area contributed by atoms with Crippen molar-refractivity contribution in [3.8, 4) is 0 Å². The van der Waals surface area contributed by atoms with Crippen LogP contribution in [0.25, 0.3) is 0 Å². The fourth-order valence-corrected chi connectivity index (χ4v) is 3.73. The molecule has 2 rings (SSSR count). The number of nitrogens with one attached hydrogen (secondary N) is 1. The molecule has 2 aliphatic rings. The van der Waals surface area contributed by atoms with Gasteiger partial charge in [0.2, 0.25) is 0 Å². The predicted octanol–water partition coefficient (Wildman–Crippen LogP) is 1.85. The Kier molecular flexibility index (Phi) is 4.28. The highest BCUT2D eigenvalue weighted by atomic mass is 16.4. The van der Waals surface area contributed by atoms with Crippen molar-refractivity contribution in [3.63, 3.8) is 0 Å². The van der Waals surface area contributed by atoms with Crippen molar-refractivity contribution < 1.29 is 9.90 Å². The number of likely N-dealkylation sites (tertiary alicyclic amines) is 1. The minimum Gasteiger partial charge on any atom is -0.480 e. The number of carboxylic acid groups (broad SMARTS) is 1. The third-order valence-corrected chi connectivity index (χ3v) is 4.74. The Labute approximate surface area is 110 Å². The predicted molar refractivity (Wildman–Crippen MR) is 71.7 cm³/mol. The van der Waals surface area contributed by atoms with Crippen LogP contribution in [0.1, 0.15) is 52.4 Å². The quantitative estimate of drug-likeness (QED) is 0.804. The van der Waals surface area contributed by atoms with Crippen LogP contribution in [0, 0.1) is 0 Å². The largest absolute Gasteiger partial charge is 0.480 e. The standard InChI is InChI=1S/C14H26N2O2/c1-3-15-14(13(17)18)8-7-12(10-14)16-9-5-4-6-11(16)2/h11-12,15H,3-10H2,1-2H3,(H,17,18). The molecule has 0 aromatic carbocycles. The van der Waals surface area contributed by atoms with Gasteiger partial charge in [-0.1, -0.05) is 13.3 Å². The van der Waals surface area contributed by atoms with E-state index in [0.717, 1.165) is 32.4 Å². The summed E-state index contributed by atoms with van der Waals surface area (Å²) < 4.78 is 0. The van der Waals surface area contributed by atoms with Crippen molar-refractivity contribution in [1.82, 2.24) is 10.2 Å². The van der Waals surface area contributed by atoms with Crippen molar-refractivity contribution >= 4 is 5.97 Å². The first kappa shape index (κ1) is 13.8. The fraction of sp³-hybridized carbons (Fsp3) is 0.929. The summed E-state index contributed by atoms with van der Waals surface area (Å²) in [6, 6.07) is 1.07. The maximum absolute atomic E-state index is 11.5. The molecule has 4 nitrogen and oxygen atoms in total. The van der Waals surface area contributed by atoms with E-state index in [0.29, 0.717) is 12.1 Å². The normalized spacial score (nSPS) is 37.9. The van der Waals surface area contributed by atoms with E-state index >= 15 is 0 Å². The lowest BCUT2D eigenvalue weighted by molar-refractivity contribution is -0.144. The van der Waals surface area contributed by atoms with Gasteiger partial charge in [-0.15, -0.1) is 0 Å². The molecule has 104 valence electrons. The monoisotopic (exact) mass is 254 g/mol. The van der Waals surface area contributed by atoms with Crippen LogP contribution in [-0.4, -0.2) is 46.7 Å². The molecule has 1 aliphatic carbocycles. The van der Waals surface area contributed by atoms with E-state index in [4.69, 9.17) is 0 Å². The summed E-state index contributed by atoms with van der Waals surface area (Å²) in [4.78, 5) is 14.1. The highest BCUT2D eigenvalue weighted by molar-refractivity contribution is 5.79. The van der Waals surface area contributed by atoms with Crippen LogP contribution < -0.4 is 5.32 Å². The highest BCUT2D eigenvalue weighted by Gasteiger charge is 2.47. The maximum atomic E-state index is 11.5. The number of likely N-dealkylation sites (N-methyl/N-ethyl adjacent to an activating group) is 1. The van der Waals surface area contributed by atoms with Crippen LogP contribution in [0.5, 0.6) is 0 Å². The molecule has 0 aromatic rings. The van der Waals surface area contributed by atoms with Gasteiger partial charge in [0.1, 0.15) is 5.54 Å². The van der Waals surface area contributed by atoms with Crippen LogP contribution in [0.2, 0.25) is 0 Å². The van der Waals surface area contributed by atoms with Crippen molar-refractivity contribution in [2.75, 3.05) is 13.1 Å². The van der Waals surface area contributed by atoms with Gasteiger partial charge in [0, 0.05) is 12.1 Å². The molecular weight excluding hydrogens is 228 g/mol. The summed E-state index contributed by atoms with van der Waals surface area (Å²) in [5.41, 5.74) is -0.670. The molecule has 1 aliphatic heterocycles. The van der Waals surface area contributed by atoms with E-state index < -0.39 is 11.5 Å². The smallest absolute Gasteiger partial charge is 0.323 e. The molecule has 3 unspecified atom stereocenters. The second kappa shape index (κ2) is 5.57. The first-order valence-corrected chi connectivity index (χ1v) is 7.33. The van der Waals surface area contributed by atoms with Crippen molar-refractivity contribution in [3.05, 3.63) is 0 Å². The number of hydrogen-bond donors (Lipinski definition) is 2. The summed E-state index contributed by atoms with van der Waals surface area (Å²) in [6.45, 7) is 6.15. The van der Waals surface area contributed by atoms with Crippen LogP contribution in [0.3, 0.4) is 0 Å². The van der Waals surface area contributed by atoms with E-state index in [2.05, 4.69) is 17.1 Å². The molecule has 1 saturated heterocycles. The number of aliphatic carboxylic acids is 1. The molecule has 0 spiro atoms. The zero-order valence-electron chi connectivity index (χ0n) is 11.6. The molecule has 0 amide bonds. The maximum Gasteiger partial charge on any atom is 0.323 e. The molecule has 1 saturated carbocycles. The third-order valence-electron chi connectivity index (χ3n) is 4.74. The van der Waals surface area contributed by atoms with Gasteiger partial charge in [0.15, 0.2) is 0 Å². The Morgan fingerprint density at radius 3 is 2.83 bits per heavy atom. The Morgan fingerprint density at radius 1 is 1.44 bits per heavy atom. The van der Waals surface area contributed by atoms with Gasteiger partial charge in [0.05, 0.1) is 0 Å². The van der Waals surface area contributed by atoms with Gasteiger partial charge in [0.25, 0.3) is 0 Å². The zero-order valence-corrected chi connectivity index (χ0v) is 11.6. The molecule has 0 aromatic heterocycles. The zero-order chi connectivity index (χ0) is 13.2. The van der Waals surface area contributed by atoms with Gasteiger partial charge in [-0.3, -0.25) is 9.69 Å². The van der Waals surface area contributed by atoms with E-state index in [1.807, 2.05) is 6.92 Å². The number of nitrogens with zero attached hydrogens (tertiary/aromatic N) is 1. The lowest BCUT2D eigenvalue weighted by Gasteiger charge is -2.38. The number of carbonyl (C=O) groups is 1. The summed E-state index contributed by atoms with van der Waals surface area (Å²) in [5.74, 6) is -0.670. The Bertz CT molecular complexity index is 308. The summed E-state index contributed by atoms with van der Waals surface area (Å²) in [6.07, 6.45) is 6.40. The minimum atomic E-state index is -0.670. The summed E-state index contributed by atoms with van der Waals surface area (Å²) in [7, 11) is 0. The van der Waals surface area contributed by atoms with Gasteiger partial charge in [-0.25, -0.2) is 0 Å². The number of piperidine rings is 1. The molecule has 2 N–H and O–H groups in total. The molecule has 4 heteroatoms. The Balaban J connectivity index is 2.03. The van der Waals surface area contributed by atoms with E-state index in [1.54, 1.807) is 0 Å². The van der Waals surface area contributed by atoms with Crippen molar-refractivity contribution in [1.29, 1.82) is 0 Å². The van der Waals surface area contributed by atoms with Crippen LogP contribution >= 0.6 is 0 Å². The highest BCUT2D eigenvalue weighted by Crippen LogP contribution is 2.36. The summed E-state index contributed by atoms with van der Waals surface area (Å²) in [5, 5.41) is 12.7. The lowest BCUT2D eigenvalue weighted by Crippen LogP contribution is -2.52. The molecule has 1 heterocycles. The summed E-state index contributed by atoms with van der Waals surface area (Å²) >= 11 is 0. The van der Waals surface area contributed by atoms with Crippen LogP contribution in [0.4, 0.5) is 0 Å². The van der Waals surface area contributed by atoms with Crippen molar-refractivity contribution in [2.45, 2.75) is 70.0 Å². The van der Waals surface area contributed by atoms with Gasteiger partial charge in [-0.2, -0.15) is 0 Å². The molecule has 3 atom stereocenters. The SMILES string of the molecule is CCNC1(C(=O)O)CCC(N2CCCCC2C)C1. The molecular formula is C14H26N2O2. The second-order valence-electron chi connectivity index (χ2n) is 5.90. The van der Waals surface area contributed by atoms with Gasteiger partial charge in [-0.05, 0) is 52.1 Å². The first-order chi connectivity index (χ1) is 8.59. The number of rotatable bonds is 4. The second-order valence-corrected chi connectivity index (χ2v) is 5.90. The minimum absolute atomic E-state index is 0.454. The van der Waals surface area contributed by atoms with Gasteiger partial charge >= 0.3 is 5.97 Å². The topological polar surface area (TPSA) is 52.6 Å². The average molecular weight is 254 g/mol. The molecule has 2 fully saturated rings. The van der Waals surface area contributed by atoms with Crippen LogP contribution in [0.15, 0.2) is 0 Å². The van der Waals surface area contributed by atoms with Gasteiger partial charge < -0.3 is 10.4 Å².